The monoisotopic (exact) mass is 246 g/mol. The molecule has 1 aliphatic carbocycles. The molecule has 0 aliphatic heterocycles. The first kappa shape index (κ1) is 12.9. The highest BCUT2D eigenvalue weighted by molar-refractivity contribution is 5.91. The Kier molecular flexibility index (Phi) is 4.62. The summed E-state index contributed by atoms with van der Waals surface area (Å²) in [6.07, 6.45) is 8.25. The predicted molar refractivity (Wildman–Crippen MR) is 75.3 cm³/mol. The quantitative estimate of drug-likeness (QED) is 0.632. The molecule has 3 nitrogen and oxygen atoms in total. The van der Waals surface area contributed by atoms with Gasteiger partial charge in [0.25, 0.3) is 0 Å². The number of benzene rings is 1. The molecule has 18 heavy (non-hydrogen) atoms. The number of nitrogens with one attached hydrogen (secondary N) is 1. The average Bonchev–Trinajstić information content (AvgIpc) is 2.57. The van der Waals surface area contributed by atoms with E-state index in [0.717, 1.165) is 5.69 Å². The Morgan fingerprint density at radius 3 is 2.61 bits per heavy atom. The first-order valence-corrected chi connectivity index (χ1v) is 6.89. The average molecular weight is 246 g/mol. The van der Waals surface area contributed by atoms with Gasteiger partial charge in [0.05, 0.1) is 0 Å². The highest BCUT2D eigenvalue weighted by atomic mass is 16.1. The third-order valence-electron chi connectivity index (χ3n) is 3.62. The van der Waals surface area contributed by atoms with Crippen LogP contribution in [0.1, 0.15) is 44.9 Å². The molecule has 0 unspecified atom stereocenters. The second kappa shape index (κ2) is 6.43. The summed E-state index contributed by atoms with van der Waals surface area (Å²) in [5, 5.41) is 2.93. The van der Waals surface area contributed by atoms with Gasteiger partial charge in [0, 0.05) is 17.8 Å². The molecule has 1 aromatic rings. The molecule has 0 saturated heterocycles. The van der Waals surface area contributed by atoms with Crippen molar-refractivity contribution in [1.29, 1.82) is 0 Å². The second-order valence-electron chi connectivity index (χ2n) is 5.24. The van der Waals surface area contributed by atoms with Crippen LogP contribution in [0.4, 0.5) is 11.4 Å². The van der Waals surface area contributed by atoms with Crippen molar-refractivity contribution in [3.05, 3.63) is 24.3 Å². The molecular weight excluding hydrogens is 224 g/mol. The van der Waals surface area contributed by atoms with Crippen molar-refractivity contribution in [2.75, 3.05) is 11.1 Å². The van der Waals surface area contributed by atoms with Crippen molar-refractivity contribution in [1.82, 2.24) is 0 Å². The van der Waals surface area contributed by atoms with Crippen molar-refractivity contribution < 1.29 is 4.79 Å². The third kappa shape index (κ3) is 4.06. The highest BCUT2D eigenvalue weighted by Gasteiger charge is 2.16. The maximum atomic E-state index is 12.0. The van der Waals surface area contributed by atoms with Gasteiger partial charge in [0.2, 0.25) is 5.91 Å². The zero-order valence-corrected chi connectivity index (χ0v) is 10.8. The second-order valence-corrected chi connectivity index (χ2v) is 5.24. The van der Waals surface area contributed by atoms with E-state index in [9.17, 15) is 4.79 Å². The Balaban J connectivity index is 1.84. The molecule has 0 spiro atoms. The molecule has 0 aromatic heterocycles. The maximum Gasteiger partial charge on any atom is 0.224 e. The van der Waals surface area contributed by atoms with Gasteiger partial charge in [0.1, 0.15) is 0 Å². The third-order valence-corrected chi connectivity index (χ3v) is 3.62. The zero-order chi connectivity index (χ0) is 12.8. The van der Waals surface area contributed by atoms with E-state index >= 15 is 0 Å². The van der Waals surface area contributed by atoms with Crippen molar-refractivity contribution in [3.63, 3.8) is 0 Å². The van der Waals surface area contributed by atoms with E-state index in [4.69, 9.17) is 5.73 Å². The van der Waals surface area contributed by atoms with E-state index in [1.165, 1.54) is 38.5 Å². The van der Waals surface area contributed by atoms with Crippen LogP contribution in [0, 0.1) is 5.92 Å². The Bertz CT molecular complexity index is 395. The normalized spacial score (nSPS) is 17.1. The molecule has 0 radical (unpaired) electrons. The van der Waals surface area contributed by atoms with Gasteiger partial charge in [-0.25, -0.2) is 0 Å². The topological polar surface area (TPSA) is 55.1 Å². The summed E-state index contributed by atoms with van der Waals surface area (Å²) in [7, 11) is 0. The molecule has 98 valence electrons. The van der Waals surface area contributed by atoms with E-state index < -0.39 is 0 Å². The minimum atomic E-state index is 0.118. The Morgan fingerprint density at radius 2 is 1.94 bits per heavy atom. The number of hydrogen-bond donors (Lipinski definition) is 2. The Hall–Kier alpha value is -1.51. The van der Waals surface area contributed by atoms with Crippen LogP contribution in [0.3, 0.4) is 0 Å². The first-order valence-electron chi connectivity index (χ1n) is 6.89. The molecule has 3 N–H and O–H groups in total. The lowest BCUT2D eigenvalue weighted by molar-refractivity contribution is -0.117. The first-order chi connectivity index (χ1) is 8.74. The van der Waals surface area contributed by atoms with E-state index in [2.05, 4.69) is 5.32 Å². The van der Waals surface area contributed by atoms with Crippen LogP contribution < -0.4 is 11.1 Å². The molecule has 2 rings (SSSR count). The SMILES string of the molecule is Nc1cccc(NC(=O)CC2CCCCCC2)c1. The minimum Gasteiger partial charge on any atom is -0.399 e. The number of carbonyl (C=O) groups excluding carboxylic acids is 1. The van der Waals surface area contributed by atoms with Gasteiger partial charge in [-0.2, -0.15) is 0 Å². The summed E-state index contributed by atoms with van der Waals surface area (Å²) in [5.41, 5.74) is 7.17. The van der Waals surface area contributed by atoms with Crippen LogP contribution >= 0.6 is 0 Å². The van der Waals surface area contributed by atoms with E-state index in [1.54, 1.807) is 6.07 Å². The fourth-order valence-corrected chi connectivity index (χ4v) is 2.66. The molecule has 0 atom stereocenters. The number of amides is 1. The maximum absolute atomic E-state index is 12.0. The van der Waals surface area contributed by atoms with Crippen molar-refractivity contribution in [2.45, 2.75) is 44.9 Å². The van der Waals surface area contributed by atoms with Gasteiger partial charge >= 0.3 is 0 Å². The van der Waals surface area contributed by atoms with Crippen LogP contribution in [-0.4, -0.2) is 5.91 Å². The molecule has 1 aromatic carbocycles. The lowest BCUT2D eigenvalue weighted by atomic mass is 9.96. The molecule has 1 fully saturated rings. The number of hydrogen-bond acceptors (Lipinski definition) is 2. The molecule has 0 bridgehead atoms. The van der Waals surface area contributed by atoms with Crippen LogP contribution in [0.2, 0.25) is 0 Å². The van der Waals surface area contributed by atoms with E-state index in [1.807, 2.05) is 18.2 Å². The summed E-state index contributed by atoms with van der Waals surface area (Å²) in [6, 6.07) is 7.35. The van der Waals surface area contributed by atoms with Crippen LogP contribution in [0.15, 0.2) is 24.3 Å². The van der Waals surface area contributed by atoms with Gasteiger partial charge in [-0.05, 0) is 37.0 Å². The fourth-order valence-electron chi connectivity index (χ4n) is 2.66. The number of carbonyl (C=O) groups is 1. The Morgan fingerprint density at radius 1 is 1.22 bits per heavy atom. The number of nitrogens with two attached hydrogens (primary N) is 1. The lowest BCUT2D eigenvalue weighted by Gasteiger charge is -2.13. The summed E-state index contributed by atoms with van der Waals surface area (Å²) in [5.74, 6) is 0.682. The molecule has 0 heterocycles. The summed E-state index contributed by atoms with van der Waals surface area (Å²) in [4.78, 5) is 12.0. The Labute approximate surface area is 109 Å². The largest absolute Gasteiger partial charge is 0.399 e. The number of rotatable bonds is 3. The van der Waals surface area contributed by atoms with Crippen LogP contribution in [0.25, 0.3) is 0 Å². The van der Waals surface area contributed by atoms with E-state index in [-0.39, 0.29) is 5.91 Å². The number of nitrogen functional groups attached to an aromatic ring is 1. The molecule has 3 heteroatoms. The summed E-state index contributed by atoms with van der Waals surface area (Å²) in [6.45, 7) is 0. The molecule has 1 amide bonds. The standard InChI is InChI=1S/C15H22N2O/c16-13-8-5-9-14(11-13)17-15(18)10-12-6-3-1-2-4-7-12/h5,8-9,11-12H,1-4,6-7,10,16H2,(H,17,18). The van der Waals surface area contributed by atoms with Crippen molar-refractivity contribution in [2.24, 2.45) is 5.92 Å². The molecular formula is C15H22N2O. The van der Waals surface area contributed by atoms with Gasteiger partial charge in [0.15, 0.2) is 0 Å². The van der Waals surface area contributed by atoms with E-state index in [0.29, 0.717) is 18.0 Å². The highest BCUT2D eigenvalue weighted by Crippen LogP contribution is 2.25. The zero-order valence-electron chi connectivity index (χ0n) is 10.8. The minimum absolute atomic E-state index is 0.118. The fraction of sp³-hybridized carbons (Fsp3) is 0.533. The smallest absolute Gasteiger partial charge is 0.224 e. The number of anilines is 2. The van der Waals surface area contributed by atoms with Gasteiger partial charge < -0.3 is 11.1 Å². The lowest BCUT2D eigenvalue weighted by Crippen LogP contribution is -2.16. The van der Waals surface area contributed by atoms with Crippen molar-refractivity contribution in [3.8, 4) is 0 Å². The van der Waals surface area contributed by atoms with Crippen LogP contribution in [-0.2, 0) is 4.79 Å². The van der Waals surface area contributed by atoms with Gasteiger partial charge in [-0.3, -0.25) is 4.79 Å². The molecule has 1 saturated carbocycles. The summed E-state index contributed by atoms with van der Waals surface area (Å²) >= 11 is 0. The predicted octanol–water partition coefficient (Wildman–Crippen LogP) is 3.57. The van der Waals surface area contributed by atoms with Gasteiger partial charge in [-0.15, -0.1) is 0 Å². The molecule has 1 aliphatic rings. The van der Waals surface area contributed by atoms with Crippen LogP contribution in [0.5, 0.6) is 0 Å². The van der Waals surface area contributed by atoms with Crippen molar-refractivity contribution >= 4 is 17.3 Å². The summed E-state index contributed by atoms with van der Waals surface area (Å²) < 4.78 is 0. The van der Waals surface area contributed by atoms with Gasteiger partial charge in [-0.1, -0.05) is 31.7 Å².